The molecule has 1 N–H and O–H groups in total. The first-order valence-electron chi connectivity index (χ1n) is 3.56. The van der Waals surface area contributed by atoms with Gasteiger partial charge in [-0.25, -0.2) is 4.39 Å². The lowest BCUT2D eigenvalue weighted by molar-refractivity contribution is 0.629. The lowest BCUT2D eigenvalue weighted by Crippen LogP contribution is -2.04. The molecule has 61 valence electrons. The maximum Gasteiger partial charge on any atom is 0.146 e. The molecule has 1 nitrogen and oxygen atoms in total. The maximum absolute atomic E-state index is 13.1. The van der Waals surface area contributed by atoms with Crippen molar-refractivity contribution in [2.24, 2.45) is 0 Å². The highest BCUT2D eigenvalue weighted by molar-refractivity contribution is 6.22. The van der Waals surface area contributed by atoms with Gasteiger partial charge in [0.1, 0.15) is 5.82 Å². The van der Waals surface area contributed by atoms with Crippen molar-refractivity contribution < 1.29 is 4.39 Å². The number of para-hydroxylation sites is 1. The summed E-state index contributed by atoms with van der Waals surface area (Å²) in [6, 6.07) is 4.82. The highest BCUT2D eigenvalue weighted by atomic mass is 35.5. The van der Waals surface area contributed by atoms with Crippen LogP contribution in [0.3, 0.4) is 0 Å². The minimum atomic E-state index is -0.350. The molecule has 1 unspecified atom stereocenters. The lowest BCUT2D eigenvalue weighted by Gasteiger charge is -2.16. The fraction of sp³-hybridized carbons (Fsp3) is 0.111. The van der Waals surface area contributed by atoms with Crippen molar-refractivity contribution in [1.82, 2.24) is 0 Å². The topological polar surface area (TPSA) is 12.0 Å². The van der Waals surface area contributed by atoms with E-state index in [1.54, 1.807) is 12.1 Å². The van der Waals surface area contributed by atoms with Gasteiger partial charge in [-0.3, -0.25) is 0 Å². The van der Waals surface area contributed by atoms with E-state index in [0.29, 0.717) is 5.69 Å². The zero-order valence-corrected chi connectivity index (χ0v) is 6.90. The van der Waals surface area contributed by atoms with E-state index in [1.165, 1.54) is 12.3 Å². The fourth-order valence-corrected chi connectivity index (χ4v) is 1.43. The number of hydrogen-bond acceptors (Lipinski definition) is 1. The van der Waals surface area contributed by atoms with Gasteiger partial charge in [-0.1, -0.05) is 12.1 Å². The Bertz CT molecular complexity index is 335. The van der Waals surface area contributed by atoms with Crippen LogP contribution in [-0.4, -0.2) is 0 Å². The van der Waals surface area contributed by atoms with Crippen LogP contribution in [0, 0.1) is 11.9 Å². The Kier molecular flexibility index (Phi) is 1.77. The van der Waals surface area contributed by atoms with Crippen molar-refractivity contribution in [3.63, 3.8) is 0 Å². The lowest BCUT2D eigenvalue weighted by atomic mass is 10.1. The molecular formula is C9H6ClFN. The van der Waals surface area contributed by atoms with Crippen LogP contribution >= 0.6 is 11.6 Å². The first kappa shape index (κ1) is 7.62. The van der Waals surface area contributed by atoms with E-state index >= 15 is 0 Å². The van der Waals surface area contributed by atoms with Crippen LogP contribution in [0.5, 0.6) is 0 Å². The minimum Gasteiger partial charge on any atom is -0.359 e. The van der Waals surface area contributed by atoms with Crippen LogP contribution in [0.25, 0.3) is 0 Å². The van der Waals surface area contributed by atoms with Crippen molar-refractivity contribution in [1.29, 1.82) is 0 Å². The van der Waals surface area contributed by atoms with E-state index in [-0.39, 0.29) is 11.2 Å². The molecule has 2 rings (SSSR count). The SMILES string of the molecule is Fc1cccc2c1NC=[C]C2Cl. The number of anilines is 1. The van der Waals surface area contributed by atoms with Gasteiger partial charge in [-0.15, -0.1) is 11.6 Å². The molecule has 1 radical (unpaired) electrons. The summed E-state index contributed by atoms with van der Waals surface area (Å²) in [5, 5.41) is 2.42. The molecule has 0 bridgehead atoms. The highest BCUT2D eigenvalue weighted by Gasteiger charge is 2.16. The summed E-state index contributed by atoms with van der Waals surface area (Å²) >= 11 is 5.87. The number of fused-ring (bicyclic) bond motifs is 1. The molecule has 1 aromatic rings. The average Bonchev–Trinajstić information content (AvgIpc) is 2.07. The molecule has 1 atom stereocenters. The second-order valence-electron chi connectivity index (χ2n) is 2.52. The third-order valence-electron chi connectivity index (χ3n) is 1.77. The number of benzene rings is 1. The van der Waals surface area contributed by atoms with Crippen LogP contribution in [-0.2, 0) is 0 Å². The van der Waals surface area contributed by atoms with Gasteiger partial charge in [-0.2, -0.15) is 0 Å². The van der Waals surface area contributed by atoms with Gasteiger partial charge in [0.25, 0.3) is 0 Å². The van der Waals surface area contributed by atoms with Gasteiger partial charge in [-0.05, 0) is 12.1 Å². The van der Waals surface area contributed by atoms with E-state index < -0.39 is 0 Å². The van der Waals surface area contributed by atoms with E-state index in [9.17, 15) is 4.39 Å². The van der Waals surface area contributed by atoms with Gasteiger partial charge >= 0.3 is 0 Å². The summed E-state index contributed by atoms with van der Waals surface area (Å²) < 4.78 is 13.1. The number of rotatable bonds is 0. The minimum absolute atomic E-state index is 0.282. The Morgan fingerprint density at radius 2 is 2.33 bits per heavy atom. The number of alkyl halides is 1. The number of allylic oxidation sites excluding steroid dienone is 1. The van der Waals surface area contributed by atoms with Gasteiger partial charge in [0.15, 0.2) is 0 Å². The zero-order valence-electron chi connectivity index (χ0n) is 6.14. The third-order valence-corrected chi connectivity index (χ3v) is 2.13. The van der Waals surface area contributed by atoms with Crippen LogP contribution in [0.1, 0.15) is 10.9 Å². The van der Waals surface area contributed by atoms with Gasteiger partial charge in [0.05, 0.1) is 11.1 Å². The Balaban J connectivity index is 2.57. The predicted octanol–water partition coefficient (Wildman–Crippen LogP) is 2.85. The van der Waals surface area contributed by atoms with Crippen molar-refractivity contribution >= 4 is 17.3 Å². The van der Waals surface area contributed by atoms with Crippen LogP contribution in [0.4, 0.5) is 10.1 Å². The summed E-state index contributed by atoms with van der Waals surface area (Å²) in [5.41, 5.74) is 1.19. The summed E-state index contributed by atoms with van der Waals surface area (Å²) in [4.78, 5) is 0. The summed E-state index contributed by atoms with van der Waals surface area (Å²) in [5.74, 6) is -0.282. The largest absolute Gasteiger partial charge is 0.359 e. The van der Waals surface area contributed by atoms with Crippen LogP contribution in [0.2, 0.25) is 0 Å². The average molecular weight is 183 g/mol. The van der Waals surface area contributed by atoms with E-state index in [4.69, 9.17) is 11.6 Å². The fourth-order valence-electron chi connectivity index (χ4n) is 1.18. The Morgan fingerprint density at radius 3 is 3.08 bits per heavy atom. The molecule has 0 amide bonds. The predicted molar refractivity (Wildman–Crippen MR) is 46.4 cm³/mol. The zero-order chi connectivity index (χ0) is 8.55. The van der Waals surface area contributed by atoms with Crippen molar-refractivity contribution in [3.8, 4) is 0 Å². The van der Waals surface area contributed by atoms with Gasteiger partial charge in [0, 0.05) is 11.8 Å². The molecule has 0 saturated carbocycles. The Hall–Kier alpha value is -1.02. The van der Waals surface area contributed by atoms with E-state index in [0.717, 1.165) is 5.56 Å². The first-order valence-corrected chi connectivity index (χ1v) is 3.99. The first-order chi connectivity index (χ1) is 5.79. The molecule has 3 heteroatoms. The summed E-state index contributed by atoms with van der Waals surface area (Å²) in [7, 11) is 0. The Morgan fingerprint density at radius 1 is 1.50 bits per heavy atom. The monoisotopic (exact) mass is 182 g/mol. The number of halogens is 2. The van der Waals surface area contributed by atoms with Crippen LogP contribution < -0.4 is 5.32 Å². The number of nitrogens with one attached hydrogen (secondary N) is 1. The molecule has 1 aliphatic rings. The molecule has 0 fully saturated rings. The quantitative estimate of drug-likeness (QED) is 0.609. The molecule has 0 aromatic heterocycles. The molecule has 1 heterocycles. The van der Waals surface area contributed by atoms with Crippen molar-refractivity contribution in [3.05, 3.63) is 41.9 Å². The molecule has 1 aliphatic heterocycles. The van der Waals surface area contributed by atoms with E-state index in [2.05, 4.69) is 11.4 Å². The summed E-state index contributed by atoms with van der Waals surface area (Å²) in [6.07, 6.45) is 4.36. The molecule has 0 spiro atoms. The molecule has 12 heavy (non-hydrogen) atoms. The highest BCUT2D eigenvalue weighted by Crippen LogP contribution is 2.33. The van der Waals surface area contributed by atoms with E-state index in [1.807, 2.05) is 0 Å². The standard InChI is InChI=1S/C9H6ClFN/c10-7-4-5-12-9-6(7)2-1-3-8(9)11/h1-3,5,7,12H. The normalized spacial score (nSPS) is 20.0. The molecule has 1 aromatic carbocycles. The molecular weight excluding hydrogens is 177 g/mol. The van der Waals surface area contributed by atoms with Crippen LogP contribution in [0.15, 0.2) is 24.4 Å². The summed E-state index contributed by atoms with van der Waals surface area (Å²) in [6.45, 7) is 0. The van der Waals surface area contributed by atoms with Crippen molar-refractivity contribution in [2.45, 2.75) is 5.38 Å². The second-order valence-corrected chi connectivity index (χ2v) is 2.96. The molecule has 0 saturated heterocycles. The maximum atomic E-state index is 13.1. The van der Waals surface area contributed by atoms with Gasteiger partial charge < -0.3 is 5.32 Å². The second kappa shape index (κ2) is 2.79. The molecule has 0 aliphatic carbocycles. The number of hydrogen-bond donors (Lipinski definition) is 1. The third kappa shape index (κ3) is 1.08. The Labute approximate surface area is 74.8 Å². The smallest absolute Gasteiger partial charge is 0.146 e. The van der Waals surface area contributed by atoms with Gasteiger partial charge in [0.2, 0.25) is 0 Å². The van der Waals surface area contributed by atoms with Crippen molar-refractivity contribution in [2.75, 3.05) is 5.32 Å².